The molecule has 1 unspecified atom stereocenters. The van der Waals surface area contributed by atoms with Gasteiger partial charge in [0.1, 0.15) is 6.42 Å². The minimum atomic E-state index is -0.519. The molecule has 0 bridgehead atoms. The Bertz CT molecular complexity index is 211. The van der Waals surface area contributed by atoms with Crippen LogP contribution in [0.3, 0.4) is 0 Å². The summed E-state index contributed by atoms with van der Waals surface area (Å²) in [5.74, 6) is -0.831. The molecule has 0 spiro atoms. The van der Waals surface area contributed by atoms with Crippen LogP contribution in [-0.2, 0) is 19.1 Å². The SMILES string of the molecule is COC(=O)CC(=O)NCC1CCCO1. The lowest BCUT2D eigenvalue weighted by Crippen LogP contribution is -2.33. The highest BCUT2D eigenvalue weighted by molar-refractivity contribution is 5.94. The van der Waals surface area contributed by atoms with E-state index in [4.69, 9.17) is 4.74 Å². The summed E-state index contributed by atoms with van der Waals surface area (Å²) in [6.07, 6.45) is 1.90. The second kappa shape index (κ2) is 5.59. The van der Waals surface area contributed by atoms with Crippen molar-refractivity contribution in [2.45, 2.75) is 25.4 Å². The highest BCUT2D eigenvalue weighted by Gasteiger charge is 2.17. The monoisotopic (exact) mass is 201 g/mol. The molecule has 1 atom stereocenters. The largest absolute Gasteiger partial charge is 0.469 e. The fourth-order valence-electron chi connectivity index (χ4n) is 1.30. The van der Waals surface area contributed by atoms with E-state index >= 15 is 0 Å². The highest BCUT2D eigenvalue weighted by atomic mass is 16.5. The Labute approximate surface area is 82.8 Å². The lowest BCUT2D eigenvalue weighted by atomic mass is 10.2. The number of hydrogen-bond acceptors (Lipinski definition) is 4. The standard InChI is InChI=1S/C9H15NO4/c1-13-9(12)5-8(11)10-6-7-3-2-4-14-7/h7H,2-6H2,1H3,(H,10,11). The Kier molecular flexibility index (Phi) is 4.39. The first-order chi connectivity index (χ1) is 6.72. The van der Waals surface area contributed by atoms with Gasteiger partial charge in [-0.1, -0.05) is 0 Å². The first-order valence-electron chi connectivity index (χ1n) is 4.67. The molecule has 0 aromatic rings. The van der Waals surface area contributed by atoms with E-state index in [1.807, 2.05) is 0 Å². The molecule has 1 rings (SSSR count). The molecule has 0 aliphatic carbocycles. The fourth-order valence-corrected chi connectivity index (χ4v) is 1.30. The van der Waals surface area contributed by atoms with Crippen molar-refractivity contribution in [2.24, 2.45) is 0 Å². The van der Waals surface area contributed by atoms with Gasteiger partial charge in [0.05, 0.1) is 13.2 Å². The summed E-state index contributed by atoms with van der Waals surface area (Å²) in [5.41, 5.74) is 0. The molecule has 1 heterocycles. The van der Waals surface area contributed by atoms with E-state index in [2.05, 4.69) is 10.1 Å². The van der Waals surface area contributed by atoms with Crippen molar-refractivity contribution in [1.29, 1.82) is 0 Å². The van der Waals surface area contributed by atoms with Crippen LogP contribution in [0.5, 0.6) is 0 Å². The summed E-state index contributed by atoms with van der Waals surface area (Å²) in [4.78, 5) is 21.8. The van der Waals surface area contributed by atoms with Crippen LogP contribution in [0.2, 0.25) is 0 Å². The zero-order chi connectivity index (χ0) is 10.4. The van der Waals surface area contributed by atoms with Gasteiger partial charge >= 0.3 is 5.97 Å². The van der Waals surface area contributed by atoms with Crippen LogP contribution in [0.15, 0.2) is 0 Å². The molecule has 1 aliphatic rings. The lowest BCUT2D eigenvalue weighted by Gasteiger charge is -2.09. The van der Waals surface area contributed by atoms with Crippen LogP contribution in [0.25, 0.3) is 0 Å². The second-order valence-electron chi connectivity index (χ2n) is 3.19. The first kappa shape index (κ1) is 11.0. The van der Waals surface area contributed by atoms with Gasteiger partial charge in [0.25, 0.3) is 0 Å². The van der Waals surface area contributed by atoms with Crippen LogP contribution in [0.4, 0.5) is 0 Å². The van der Waals surface area contributed by atoms with E-state index in [9.17, 15) is 9.59 Å². The summed E-state index contributed by atoms with van der Waals surface area (Å²) < 4.78 is 9.67. The Morgan fingerprint density at radius 3 is 2.93 bits per heavy atom. The molecular formula is C9H15NO4. The van der Waals surface area contributed by atoms with Crippen LogP contribution in [0, 0.1) is 0 Å². The van der Waals surface area contributed by atoms with Gasteiger partial charge in [-0.3, -0.25) is 9.59 Å². The van der Waals surface area contributed by atoms with E-state index in [1.165, 1.54) is 7.11 Å². The molecule has 0 aromatic heterocycles. The number of hydrogen-bond donors (Lipinski definition) is 1. The number of rotatable bonds is 4. The maximum atomic E-state index is 11.1. The van der Waals surface area contributed by atoms with Crippen molar-refractivity contribution >= 4 is 11.9 Å². The van der Waals surface area contributed by atoms with Crippen LogP contribution >= 0.6 is 0 Å². The van der Waals surface area contributed by atoms with Crippen molar-refractivity contribution < 1.29 is 19.1 Å². The zero-order valence-electron chi connectivity index (χ0n) is 8.25. The summed E-state index contributed by atoms with van der Waals surface area (Å²) in [7, 11) is 1.26. The first-order valence-corrected chi connectivity index (χ1v) is 4.67. The quantitative estimate of drug-likeness (QED) is 0.507. The van der Waals surface area contributed by atoms with Gasteiger partial charge in [0.2, 0.25) is 5.91 Å². The highest BCUT2D eigenvalue weighted by Crippen LogP contribution is 2.10. The number of amides is 1. The number of ether oxygens (including phenoxy) is 2. The minimum absolute atomic E-state index is 0.108. The second-order valence-corrected chi connectivity index (χ2v) is 3.19. The van der Waals surface area contributed by atoms with E-state index in [-0.39, 0.29) is 18.4 Å². The van der Waals surface area contributed by atoms with Crippen molar-refractivity contribution in [3.05, 3.63) is 0 Å². The average Bonchev–Trinajstić information content (AvgIpc) is 2.67. The van der Waals surface area contributed by atoms with Gasteiger partial charge in [0.15, 0.2) is 0 Å². The third kappa shape index (κ3) is 3.74. The molecule has 1 amide bonds. The van der Waals surface area contributed by atoms with E-state index in [1.54, 1.807) is 0 Å². The maximum absolute atomic E-state index is 11.1. The van der Waals surface area contributed by atoms with Crippen molar-refractivity contribution in [1.82, 2.24) is 5.32 Å². The van der Waals surface area contributed by atoms with Gasteiger partial charge < -0.3 is 14.8 Å². The van der Waals surface area contributed by atoms with Gasteiger partial charge in [-0.2, -0.15) is 0 Å². The fraction of sp³-hybridized carbons (Fsp3) is 0.778. The molecule has 80 valence electrons. The molecule has 14 heavy (non-hydrogen) atoms. The molecule has 1 fully saturated rings. The number of methoxy groups -OCH3 is 1. The molecule has 0 radical (unpaired) electrons. The molecule has 1 aliphatic heterocycles. The number of carbonyl (C=O) groups is 2. The lowest BCUT2D eigenvalue weighted by molar-refractivity contribution is -0.143. The smallest absolute Gasteiger partial charge is 0.315 e. The summed E-state index contributed by atoms with van der Waals surface area (Å²) in [6.45, 7) is 1.24. The van der Waals surface area contributed by atoms with Gasteiger partial charge in [-0.05, 0) is 12.8 Å². The van der Waals surface area contributed by atoms with E-state index in [0.29, 0.717) is 6.54 Å². The van der Waals surface area contributed by atoms with E-state index in [0.717, 1.165) is 19.4 Å². The molecule has 5 heteroatoms. The van der Waals surface area contributed by atoms with Crippen molar-refractivity contribution in [2.75, 3.05) is 20.3 Å². The Hall–Kier alpha value is -1.10. The normalized spacial score (nSPS) is 20.5. The predicted octanol–water partition coefficient (Wildman–Crippen LogP) is -0.155. The summed E-state index contributed by atoms with van der Waals surface area (Å²) in [5, 5.41) is 2.63. The van der Waals surface area contributed by atoms with Gasteiger partial charge in [0, 0.05) is 13.2 Å². The molecule has 1 saturated heterocycles. The Morgan fingerprint density at radius 2 is 2.36 bits per heavy atom. The third-order valence-electron chi connectivity index (χ3n) is 2.08. The molecule has 0 saturated carbocycles. The van der Waals surface area contributed by atoms with Gasteiger partial charge in [-0.25, -0.2) is 0 Å². The van der Waals surface area contributed by atoms with Crippen LogP contribution < -0.4 is 5.32 Å². The zero-order valence-corrected chi connectivity index (χ0v) is 8.25. The summed E-state index contributed by atoms with van der Waals surface area (Å²) in [6, 6.07) is 0. The topological polar surface area (TPSA) is 64.6 Å². The summed E-state index contributed by atoms with van der Waals surface area (Å²) >= 11 is 0. The van der Waals surface area contributed by atoms with Crippen LogP contribution in [0.1, 0.15) is 19.3 Å². The predicted molar refractivity (Wildman–Crippen MR) is 48.6 cm³/mol. The van der Waals surface area contributed by atoms with Crippen molar-refractivity contribution in [3.8, 4) is 0 Å². The van der Waals surface area contributed by atoms with Gasteiger partial charge in [-0.15, -0.1) is 0 Å². The molecular weight excluding hydrogens is 186 g/mol. The molecule has 5 nitrogen and oxygen atoms in total. The third-order valence-corrected chi connectivity index (χ3v) is 2.08. The van der Waals surface area contributed by atoms with Crippen LogP contribution in [-0.4, -0.2) is 38.2 Å². The maximum Gasteiger partial charge on any atom is 0.315 e. The Balaban J connectivity index is 2.11. The number of esters is 1. The van der Waals surface area contributed by atoms with E-state index < -0.39 is 5.97 Å². The van der Waals surface area contributed by atoms with Crippen molar-refractivity contribution in [3.63, 3.8) is 0 Å². The Morgan fingerprint density at radius 1 is 1.57 bits per heavy atom. The average molecular weight is 201 g/mol. The number of carbonyl (C=O) groups excluding carboxylic acids is 2. The molecule has 1 N–H and O–H groups in total. The minimum Gasteiger partial charge on any atom is -0.469 e. The number of nitrogens with one attached hydrogen (secondary N) is 1. The molecule has 0 aromatic carbocycles.